The first-order valence-corrected chi connectivity index (χ1v) is 10.2. The van der Waals surface area contributed by atoms with E-state index in [2.05, 4.69) is 10.0 Å². The molecule has 0 unspecified atom stereocenters. The summed E-state index contributed by atoms with van der Waals surface area (Å²) in [7, 11) is 0. The second-order valence-electron chi connectivity index (χ2n) is 8.14. The van der Waals surface area contributed by atoms with E-state index in [-0.39, 0.29) is 30.5 Å². The molecule has 168 valence electrons. The van der Waals surface area contributed by atoms with Crippen molar-refractivity contribution in [2.45, 2.75) is 42.0 Å². The third-order valence-corrected chi connectivity index (χ3v) is 6.69. The van der Waals surface area contributed by atoms with Crippen molar-refractivity contribution in [3.8, 4) is 6.07 Å². The molecule has 3 saturated carbocycles. The van der Waals surface area contributed by atoms with Gasteiger partial charge in [-0.2, -0.15) is 31.6 Å². The number of hydrogen-bond acceptors (Lipinski definition) is 4. The maximum absolute atomic E-state index is 13.2. The maximum atomic E-state index is 13.2. The number of rotatable bonds is 5. The summed E-state index contributed by atoms with van der Waals surface area (Å²) < 4.78 is 81.3. The summed E-state index contributed by atoms with van der Waals surface area (Å²) >= 11 is 0.938. The van der Waals surface area contributed by atoms with Crippen LogP contribution >= 0.6 is 11.9 Å². The molecule has 11 heteroatoms. The Hall–Kier alpha value is -2.87. The minimum atomic E-state index is -4.64. The third kappa shape index (κ3) is 3.88. The highest BCUT2D eigenvalue weighted by Gasteiger charge is 2.79. The number of carbonyl (C=O) groups is 1. The van der Waals surface area contributed by atoms with Crippen molar-refractivity contribution in [2.75, 3.05) is 4.72 Å². The topological polar surface area (TPSA) is 64.9 Å². The van der Waals surface area contributed by atoms with Crippen molar-refractivity contribution in [3.63, 3.8) is 0 Å². The SMILES string of the molecule is N#Cc1ccc(SNc2cc(C(F)(F)F)ccc2C(=O)NC23CC(C(F)(F)F)(C2)C3)cc1. The average Bonchev–Trinajstić information content (AvgIpc) is 2.66. The summed E-state index contributed by atoms with van der Waals surface area (Å²) in [6.07, 6.45) is -9.65. The number of benzene rings is 2. The van der Waals surface area contributed by atoms with E-state index in [1.54, 1.807) is 12.1 Å². The Balaban J connectivity index is 1.52. The molecule has 2 bridgehead atoms. The van der Waals surface area contributed by atoms with Gasteiger partial charge in [0.15, 0.2) is 0 Å². The molecule has 1 amide bonds. The molecule has 5 rings (SSSR count). The highest BCUT2D eigenvalue weighted by Crippen LogP contribution is 2.73. The molecule has 2 aromatic rings. The standard InChI is InChI=1S/C21H15F6N3OS/c22-20(23,24)13-3-6-15(16(7-13)30-32-14-4-1-12(8-28)2-5-14)17(31)29-19-9-18(10-19,11-19)21(25,26)27/h1-7,30H,9-11H2,(H,29,31). The predicted molar refractivity (Wildman–Crippen MR) is 105 cm³/mol. The van der Waals surface area contributed by atoms with Crippen LogP contribution in [0.25, 0.3) is 0 Å². The minimum Gasteiger partial charge on any atom is -0.346 e. The number of hydrogen-bond donors (Lipinski definition) is 2. The number of nitrogens with zero attached hydrogens (tertiary/aromatic N) is 1. The van der Waals surface area contributed by atoms with E-state index >= 15 is 0 Å². The molecule has 0 aliphatic heterocycles. The van der Waals surface area contributed by atoms with Crippen molar-refractivity contribution in [1.82, 2.24) is 5.32 Å². The van der Waals surface area contributed by atoms with Crippen molar-refractivity contribution >= 4 is 23.5 Å². The molecule has 0 spiro atoms. The molecule has 0 aromatic heterocycles. The molecule has 2 N–H and O–H groups in total. The van der Waals surface area contributed by atoms with Crippen LogP contribution in [0.15, 0.2) is 47.4 Å². The fourth-order valence-corrected chi connectivity index (χ4v) is 4.91. The van der Waals surface area contributed by atoms with E-state index < -0.39 is 34.8 Å². The molecular formula is C21H15F6N3OS. The van der Waals surface area contributed by atoms with Gasteiger partial charge in [-0.25, -0.2) is 0 Å². The molecule has 0 saturated heterocycles. The van der Waals surface area contributed by atoms with Crippen molar-refractivity contribution in [1.29, 1.82) is 5.26 Å². The number of alkyl halides is 6. The number of anilines is 1. The zero-order valence-electron chi connectivity index (χ0n) is 16.2. The molecule has 0 atom stereocenters. The fourth-order valence-electron chi connectivity index (χ4n) is 4.24. The van der Waals surface area contributed by atoms with Gasteiger partial charge >= 0.3 is 12.4 Å². The third-order valence-electron chi connectivity index (χ3n) is 5.86. The van der Waals surface area contributed by atoms with Crippen LogP contribution in [0.5, 0.6) is 0 Å². The molecule has 0 heterocycles. The molecule has 3 aliphatic carbocycles. The fraction of sp³-hybridized carbons (Fsp3) is 0.333. The highest BCUT2D eigenvalue weighted by atomic mass is 32.2. The number of halogens is 6. The van der Waals surface area contributed by atoms with E-state index in [1.165, 1.54) is 12.1 Å². The number of amides is 1. The summed E-state index contributed by atoms with van der Waals surface area (Å²) in [5.74, 6) is -0.739. The van der Waals surface area contributed by atoms with Crippen LogP contribution in [0.4, 0.5) is 32.0 Å². The molecule has 4 nitrogen and oxygen atoms in total. The number of nitrogens with one attached hydrogen (secondary N) is 2. The minimum absolute atomic E-state index is 0.107. The van der Waals surface area contributed by atoms with Gasteiger partial charge in [0.2, 0.25) is 0 Å². The normalized spacial score (nSPS) is 24.0. The van der Waals surface area contributed by atoms with Crippen molar-refractivity contribution < 1.29 is 31.1 Å². The lowest BCUT2D eigenvalue weighted by molar-refractivity contribution is -0.336. The van der Waals surface area contributed by atoms with E-state index in [4.69, 9.17) is 5.26 Å². The highest BCUT2D eigenvalue weighted by molar-refractivity contribution is 8.00. The van der Waals surface area contributed by atoms with Gasteiger partial charge in [0.25, 0.3) is 5.91 Å². The second-order valence-corrected chi connectivity index (χ2v) is 9.02. The van der Waals surface area contributed by atoms with Crippen LogP contribution < -0.4 is 10.0 Å². The van der Waals surface area contributed by atoms with Crippen molar-refractivity contribution in [2.24, 2.45) is 5.41 Å². The van der Waals surface area contributed by atoms with Gasteiger partial charge in [0, 0.05) is 10.4 Å². The van der Waals surface area contributed by atoms with Crippen LogP contribution in [0.1, 0.15) is 40.7 Å². The first-order valence-electron chi connectivity index (χ1n) is 9.40. The Bertz CT molecular complexity index is 1080. The maximum Gasteiger partial charge on any atom is 0.416 e. The Morgan fingerprint density at radius 3 is 2.16 bits per heavy atom. The summed E-state index contributed by atoms with van der Waals surface area (Å²) in [4.78, 5) is 13.3. The first-order chi connectivity index (χ1) is 14.9. The van der Waals surface area contributed by atoms with Gasteiger partial charge in [0.05, 0.1) is 33.9 Å². The van der Waals surface area contributed by atoms with Crippen LogP contribution in [0.3, 0.4) is 0 Å². The lowest BCUT2D eigenvalue weighted by Crippen LogP contribution is -2.78. The van der Waals surface area contributed by atoms with Crippen LogP contribution in [0.2, 0.25) is 0 Å². The van der Waals surface area contributed by atoms with E-state index in [1.807, 2.05) is 6.07 Å². The van der Waals surface area contributed by atoms with Gasteiger partial charge in [0.1, 0.15) is 0 Å². The van der Waals surface area contributed by atoms with Crippen LogP contribution in [-0.4, -0.2) is 17.6 Å². The summed E-state index contributed by atoms with van der Waals surface area (Å²) in [5.41, 5.74) is -3.52. The van der Waals surface area contributed by atoms with Gasteiger partial charge in [-0.15, -0.1) is 0 Å². The molecule has 3 fully saturated rings. The lowest BCUT2D eigenvalue weighted by Gasteiger charge is -2.70. The zero-order valence-corrected chi connectivity index (χ0v) is 17.0. The molecule has 32 heavy (non-hydrogen) atoms. The second kappa shape index (κ2) is 7.33. The van der Waals surface area contributed by atoms with Crippen LogP contribution in [-0.2, 0) is 6.18 Å². The Labute approximate surface area is 183 Å². The number of nitriles is 1. The summed E-state index contributed by atoms with van der Waals surface area (Å²) in [5, 5.41) is 11.4. The van der Waals surface area contributed by atoms with Crippen LogP contribution in [0, 0.1) is 16.7 Å². The summed E-state index contributed by atoms with van der Waals surface area (Å²) in [6, 6.07) is 10.7. The van der Waals surface area contributed by atoms with Gasteiger partial charge < -0.3 is 10.0 Å². The largest absolute Gasteiger partial charge is 0.416 e. The molecular weight excluding hydrogens is 456 g/mol. The van der Waals surface area contributed by atoms with E-state index in [9.17, 15) is 31.1 Å². The molecule has 2 aromatic carbocycles. The molecule has 3 aliphatic rings. The lowest BCUT2D eigenvalue weighted by atomic mass is 9.39. The Morgan fingerprint density at radius 1 is 1.00 bits per heavy atom. The Kier molecular flexibility index (Phi) is 5.12. The quantitative estimate of drug-likeness (QED) is 0.420. The smallest absolute Gasteiger partial charge is 0.346 e. The first kappa shape index (κ1) is 22.3. The van der Waals surface area contributed by atoms with Gasteiger partial charge in [-0.05, 0) is 73.7 Å². The monoisotopic (exact) mass is 471 g/mol. The Morgan fingerprint density at radius 2 is 1.62 bits per heavy atom. The predicted octanol–water partition coefficient (Wildman–Crippen LogP) is 5.91. The van der Waals surface area contributed by atoms with E-state index in [0.717, 1.165) is 30.1 Å². The van der Waals surface area contributed by atoms with Gasteiger partial charge in [-0.1, -0.05) is 0 Å². The van der Waals surface area contributed by atoms with E-state index in [0.29, 0.717) is 10.5 Å². The van der Waals surface area contributed by atoms with Crippen molar-refractivity contribution in [3.05, 3.63) is 59.2 Å². The number of carbonyl (C=O) groups excluding carboxylic acids is 1. The average molecular weight is 471 g/mol. The van der Waals surface area contributed by atoms with Gasteiger partial charge in [-0.3, -0.25) is 4.79 Å². The molecule has 0 radical (unpaired) electrons. The zero-order chi connectivity index (χ0) is 23.4. The summed E-state index contributed by atoms with van der Waals surface area (Å²) in [6.45, 7) is 0.